The lowest BCUT2D eigenvalue weighted by Gasteiger charge is -2.18. The van der Waals surface area contributed by atoms with E-state index in [9.17, 15) is 9.59 Å². The van der Waals surface area contributed by atoms with Crippen LogP contribution in [0.3, 0.4) is 0 Å². The van der Waals surface area contributed by atoms with Crippen LogP contribution in [-0.4, -0.2) is 67.7 Å². The number of ketones is 1. The molecule has 3 atom stereocenters. The highest BCUT2D eigenvalue weighted by Crippen LogP contribution is 2.01. The summed E-state index contributed by atoms with van der Waals surface area (Å²) in [6.07, 6.45) is -5.99. The Morgan fingerprint density at radius 1 is 1.14 bits per heavy atom. The van der Waals surface area contributed by atoms with Crippen LogP contribution >= 0.6 is 0 Å². The molecule has 0 aromatic heterocycles. The molecule has 3 unspecified atom stereocenters. The Kier molecular flexibility index (Phi) is 7.05. The Morgan fingerprint density at radius 2 is 1.57 bits per heavy atom. The molecule has 0 bridgehead atoms. The van der Waals surface area contributed by atoms with Crippen LogP contribution in [0.15, 0.2) is 0 Å². The topological polar surface area (TPSA) is 167 Å². The van der Waals surface area contributed by atoms with Crippen LogP contribution < -0.4 is 0 Å². The van der Waals surface area contributed by atoms with E-state index in [-0.39, 0.29) is 5.48 Å². The van der Waals surface area contributed by atoms with Gasteiger partial charge in [-0.1, -0.05) is 0 Å². The molecule has 0 saturated heterocycles. The fourth-order valence-corrected chi connectivity index (χ4v) is 0.600. The van der Waals surface area contributed by atoms with E-state index >= 15 is 0 Å². The zero-order chi connectivity index (χ0) is 10.6. The summed E-state index contributed by atoms with van der Waals surface area (Å²) in [5.41, 5.74) is 0. The number of carbonyl (C=O) groups excluding carboxylic acids is 1. The van der Waals surface area contributed by atoms with Crippen LogP contribution in [-0.2, 0) is 9.59 Å². The number of carboxylic acid groups (broad SMARTS) is 1. The average molecular weight is 212 g/mol. The van der Waals surface area contributed by atoms with Crippen molar-refractivity contribution in [3.8, 4) is 0 Å². The van der Waals surface area contributed by atoms with Crippen LogP contribution in [0.5, 0.6) is 0 Å². The normalized spacial score (nSPS) is 16.3. The SMILES string of the molecule is O.O=C(O)C(=O)C(O)C(O)C(O)CO. The molecule has 0 aliphatic rings. The largest absolute Gasteiger partial charge is 0.475 e. The van der Waals surface area contributed by atoms with Gasteiger partial charge in [0.25, 0.3) is 5.78 Å². The van der Waals surface area contributed by atoms with Gasteiger partial charge in [0.15, 0.2) is 6.10 Å². The summed E-state index contributed by atoms with van der Waals surface area (Å²) in [7, 11) is 0. The molecule has 0 aliphatic carbocycles. The molecule has 8 nitrogen and oxygen atoms in total. The van der Waals surface area contributed by atoms with E-state index in [1.165, 1.54) is 0 Å². The summed E-state index contributed by atoms with van der Waals surface area (Å²) in [5, 5.41) is 42.8. The fourth-order valence-electron chi connectivity index (χ4n) is 0.600. The number of aliphatic hydroxyl groups is 4. The zero-order valence-corrected chi connectivity index (χ0v) is 6.99. The maximum atomic E-state index is 10.5. The van der Waals surface area contributed by atoms with Gasteiger partial charge in [0, 0.05) is 0 Å². The Balaban J connectivity index is 0. The van der Waals surface area contributed by atoms with Crippen molar-refractivity contribution < 1.29 is 40.6 Å². The summed E-state index contributed by atoms with van der Waals surface area (Å²) < 4.78 is 0. The van der Waals surface area contributed by atoms with Crippen LogP contribution in [0.1, 0.15) is 0 Å². The second kappa shape index (κ2) is 6.40. The first-order chi connectivity index (χ1) is 5.91. The highest BCUT2D eigenvalue weighted by atomic mass is 16.4. The average Bonchev–Trinajstić information content (AvgIpc) is 2.12. The number of hydrogen-bond donors (Lipinski definition) is 5. The highest BCUT2D eigenvalue weighted by molar-refractivity contribution is 6.34. The van der Waals surface area contributed by atoms with Gasteiger partial charge in [-0.2, -0.15) is 0 Å². The Labute approximate surface area is 78.3 Å². The van der Waals surface area contributed by atoms with Gasteiger partial charge >= 0.3 is 5.97 Å². The van der Waals surface area contributed by atoms with Gasteiger partial charge in [0.05, 0.1) is 6.61 Å². The number of carboxylic acids is 1. The molecule has 0 rings (SSSR count). The third kappa shape index (κ3) is 3.77. The lowest BCUT2D eigenvalue weighted by atomic mass is 10.1. The molecule has 7 N–H and O–H groups in total. The quantitative estimate of drug-likeness (QED) is 0.288. The molecule has 84 valence electrons. The number of aliphatic carboxylic acids is 1. The molecule has 0 saturated carbocycles. The van der Waals surface area contributed by atoms with Crippen molar-refractivity contribution in [3.63, 3.8) is 0 Å². The molecule has 0 aliphatic heterocycles. The summed E-state index contributed by atoms with van der Waals surface area (Å²) in [4.78, 5) is 20.5. The summed E-state index contributed by atoms with van der Waals surface area (Å²) >= 11 is 0. The van der Waals surface area contributed by atoms with Crippen molar-refractivity contribution in [2.45, 2.75) is 18.3 Å². The smallest absolute Gasteiger partial charge is 0.375 e. The minimum atomic E-state index is -2.24. The van der Waals surface area contributed by atoms with E-state index in [4.69, 9.17) is 25.5 Å². The first-order valence-corrected chi connectivity index (χ1v) is 3.34. The first kappa shape index (κ1) is 15.4. The van der Waals surface area contributed by atoms with Gasteiger partial charge in [-0.3, -0.25) is 4.79 Å². The maximum absolute atomic E-state index is 10.5. The molecular weight excluding hydrogens is 200 g/mol. The van der Waals surface area contributed by atoms with Crippen molar-refractivity contribution in [1.29, 1.82) is 0 Å². The lowest BCUT2D eigenvalue weighted by Crippen LogP contribution is -2.46. The van der Waals surface area contributed by atoms with Crippen molar-refractivity contribution in [3.05, 3.63) is 0 Å². The molecule has 0 fully saturated rings. The van der Waals surface area contributed by atoms with Crippen molar-refractivity contribution in [2.24, 2.45) is 0 Å². The van der Waals surface area contributed by atoms with E-state index in [0.717, 1.165) is 0 Å². The van der Waals surface area contributed by atoms with E-state index in [1.54, 1.807) is 0 Å². The molecule has 0 heterocycles. The predicted molar refractivity (Wildman–Crippen MR) is 41.4 cm³/mol. The fraction of sp³-hybridized carbons (Fsp3) is 0.667. The van der Waals surface area contributed by atoms with Gasteiger partial charge < -0.3 is 31.0 Å². The zero-order valence-electron chi connectivity index (χ0n) is 6.99. The van der Waals surface area contributed by atoms with E-state index in [1.807, 2.05) is 0 Å². The van der Waals surface area contributed by atoms with E-state index < -0.39 is 36.7 Å². The second-order valence-corrected chi connectivity index (χ2v) is 2.35. The Bertz CT molecular complexity index is 202. The van der Waals surface area contributed by atoms with Gasteiger partial charge in [-0.25, -0.2) is 4.79 Å². The molecule has 8 heteroatoms. The monoisotopic (exact) mass is 212 g/mol. The third-order valence-corrected chi connectivity index (χ3v) is 1.38. The van der Waals surface area contributed by atoms with Crippen LogP contribution in [0.2, 0.25) is 0 Å². The Hall–Kier alpha value is -1.06. The number of aliphatic hydroxyl groups excluding tert-OH is 4. The Morgan fingerprint density at radius 3 is 1.86 bits per heavy atom. The van der Waals surface area contributed by atoms with E-state index in [2.05, 4.69) is 0 Å². The molecule has 0 radical (unpaired) electrons. The number of Topliss-reactive ketones (excluding diaryl/α,β-unsaturated/α-hetero) is 1. The number of rotatable bonds is 5. The summed E-state index contributed by atoms with van der Waals surface area (Å²) in [5.74, 6) is -3.56. The van der Waals surface area contributed by atoms with Crippen molar-refractivity contribution in [1.82, 2.24) is 0 Å². The minimum absolute atomic E-state index is 0. The van der Waals surface area contributed by atoms with Crippen LogP contribution in [0, 0.1) is 0 Å². The standard InChI is InChI=1S/C6H10O7.H2O/c7-1-2(8)3(9)4(10)5(11)6(12)13;/h2-4,7-10H,1H2,(H,12,13);1H2. The molecule has 0 amide bonds. The van der Waals surface area contributed by atoms with Crippen molar-refractivity contribution in [2.75, 3.05) is 6.61 Å². The highest BCUT2D eigenvalue weighted by Gasteiger charge is 2.33. The number of carbonyl (C=O) groups is 2. The molecule has 0 spiro atoms. The molecule has 0 aromatic carbocycles. The van der Waals surface area contributed by atoms with Gasteiger partial charge in [-0.15, -0.1) is 0 Å². The molecular formula is C6H12O8. The van der Waals surface area contributed by atoms with E-state index in [0.29, 0.717) is 0 Å². The summed E-state index contributed by atoms with van der Waals surface area (Å²) in [6, 6.07) is 0. The van der Waals surface area contributed by atoms with Crippen LogP contribution in [0.25, 0.3) is 0 Å². The number of hydrogen-bond acceptors (Lipinski definition) is 6. The van der Waals surface area contributed by atoms with Gasteiger partial charge in [0.2, 0.25) is 0 Å². The first-order valence-electron chi connectivity index (χ1n) is 3.34. The maximum Gasteiger partial charge on any atom is 0.375 e. The van der Waals surface area contributed by atoms with Gasteiger partial charge in [0.1, 0.15) is 12.2 Å². The molecule has 0 aromatic rings. The summed E-state index contributed by atoms with van der Waals surface area (Å²) in [6.45, 7) is -0.884. The predicted octanol–water partition coefficient (Wildman–Crippen LogP) is -4.11. The van der Waals surface area contributed by atoms with Crippen LogP contribution in [0.4, 0.5) is 0 Å². The second-order valence-electron chi connectivity index (χ2n) is 2.35. The van der Waals surface area contributed by atoms with Gasteiger partial charge in [-0.05, 0) is 0 Å². The molecule has 14 heavy (non-hydrogen) atoms. The minimum Gasteiger partial charge on any atom is -0.475 e. The van der Waals surface area contributed by atoms with Crippen molar-refractivity contribution >= 4 is 11.8 Å². The lowest BCUT2D eigenvalue weighted by molar-refractivity contribution is -0.159. The third-order valence-electron chi connectivity index (χ3n) is 1.38.